The molecule has 0 aromatic rings. The summed E-state index contributed by atoms with van der Waals surface area (Å²) in [4.78, 5) is 4.22. The first-order chi connectivity index (χ1) is 5.16. The summed E-state index contributed by atoms with van der Waals surface area (Å²) in [5.74, 6) is 0. The van der Waals surface area contributed by atoms with Gasteiger partial charge in [-0.05, 0) is 32.6 Å². The van der Waals surface area contributed by atoms with E-state index in [0.717, 1.165) is 6.42 Å². The predicted octanol–water partition coefficient (Wildman–Crippen LogP) is 3.47. The molecule has 0 aliphatic rings. The average Bonchev–Trinajstić information content (AvgIpc) is 1.97. The van der Waals surface area contributed by atoms with Gasteiger partial charge in [-0.15, -0.1) is 0 Å². The molecule has 0 rings (SSSR count). The molecule has 0 unspecified atom stereocenters. The van der Waals surface area contributed by atoms with Crippen LogP contribution < -0.4 is 0 Å². The molecule has 0 bridgehead atoms. The lowest BCUT2D eigenvalue weighted by atomic mass is 10.3. The van der Waals surface area contributed by atoms with Crippen molar-refractivity contribution in [1.29, 1.82) is 0 Å². The maximum atomic E-state index is 4.22. The van der Waals surface area contributed by atoms with Crippen molar-refractivity contribution in [3.63, 3.8) is 0 Å². The van der Waals surface area contributed by atoms with Gasteiger partial charge in [0.1, 0.15) is 0 Å². The normalized spacial score (nSPS) is 13.4. The van der Waals surface area contributed by atoms with Gasteiger partial charge in [-0.1, -0.05) is 24.3 Å². The Morgan fingerprint density at radius 3 is 2.64 bits per heavy atom. The van der Waals surface area contributed by atoms with Gasteiger partial charge in [0.25, 0.3) is 0 Å². The third-order valence-electron chi connectivity index (χ3n) is 1.25. The molecule has 0 N–H and O–H groups in total. The predicted molar refractivity (Wildman–Crippen MR) is 55.3 cm³/mol. The third kappa shape index (κ3) is 7.66. The number of rotatable bonds is 4. The third-order valence-corrected chi connectivity index (χ3v) is 2.03. The van der Waals surface area contributed by atoms with E-state index >= 15 is 0 Å². The molecular formula is C9H17NS. The van der Waals surface area contributed by atoms with E-state index in [4.69, 9.17) is 0 Å². The Morgan fingerprint density at radius 1 is 1.55 bits per heavy atom. The fourth-order valence-electron chi connectivity index (χ4n) is 0.387. The Balaban J connectivity index is 3.55. The standard InChI is InChI=1S/C9H17NS/c1-5-9(4)6-11-7-10-8(2)3/h6-8H,5H2,1-4H3/b9-6+,10-7?. The van der Waals surface area contributed by atoms with Crippen LogP contribution in [0.3, 0.4) is 0 Å². The molecular weight excluding hydrogens is 154 g/mol. The maximum absolute atomic E-state index is 4.22. The smallest absolute Gasteiger partial charge is 0.0586 e. The molecule has 0 aromatic heterocycles. The van der Waals surface area contributed by atoms with E-state index in [1.807, 2.05) is 5.55 Å². The summed E-state index contributed by atoms with van der Waals surface area (Å²) in [5.41, 5.74) is 3.31. The van der Waals surface area contributed by atoms with Gasteiger partial charge < -0.3 is 0 Å². The highest BCUT2D eigenvalue weighted by atomic mass is 32.2. The zero-order chi connectivity index (χ0) is 8.69. The molecule has 64 valence electrons. The summed E-state index contributed by atoms with van der Waals surface area (Å²) in [6.07, 6.45) is 1.13. The van der Waals surface area contributed by atoms with Crippen molar-refractivity contribution in [1.82, 2.24) is 0 Å². The SMILES string of the molecule is CC/C(C)=C/SC=NC(C)C. The Labute approximate surface area is 74.0 Å². The molecule has 0 aliphatic heterocycles. The first-order valence-corrected chi connectivity index (χ1v) is 4.93. The van der Waals surface area contributed by atoms with Gasteiger partial charge in [0.05, 0.1) is 5.55 Å². The fraction of sp³-hybridized carbons (Fsp3) is 0.667. The summed E-state index contributed by atoms with van der Waals surface area (Å²) in [6.45, 7) is 8.45. The summed E-state index contributed by atoms with van der Waals surface area (Å²) >= 11 is 1.66. The van der Waals surface area contributed by atoms with E-state index in [1.54, 1.807) is 11.8 Å². The molecule has 0 atom stereocenters. The van der Waals surface area contributed by atoms with Gasteiger partial charge in [0.2, 0.25) is 0 Å². The van der Waals surface area contributed by atoms with E-state index in [1.165, 1.54) is 5.57 Å². The van der Waals surface area contributed by atoms with E-state index in [9.17, 15) is 0 Å². The van der Waals surface area contributed by atoms with Gasteiger partial charge in [-0.25, -0.2) is 0 Å². The van der Waals surface area contributed by atoms with E-state index in [2.05, 4.69) is 38.1 Å². The van der Waals surface area contributed by atoms with Gasteiger partial charge >= 0.3 is 0 Å². The monoisotopic (exact) mass is 171 g/mol. The van der Waals surface area contributed by atoms with Crippen LogP contribution in [0.25, 0.3) is 0 Å². The molecule has 0 saturated carbocycles. The van der Waals surface area contributed by atoms with Crippen LogP contribution in [0.1, 0.15) is 34.1 Å². The molecule has 0 aliphatic carbocycles. The van der Waals surface area contributed by atoms with Crippen LogP contribution in [0.5, 0.6) is 0 Å². The lowest BCUT2D eigenvalue weighted by molar-refractivity contribution is 0.843. The van der Waals surface area contributed by atoms with Gasteiger partial charge in [0.15, 0.2) is 0 Å². The Bertz CT molecular complexity index is 148. The van der Waals surface area contributed by atoms with Crippen molar-refractivity contribution in [2.24, 2.45) is 4.99 Å². The van der Waals surface area contributed by atoms with Gasteiger partial charge in [0, 0.05) is 6.04 Å². The zero-order valence-electron chi connectivity index (χ0n) is 7.79. The topological polar surface area (TPSA) is 12.4 Å². The molecule has 0 spiro atoms. The molecule has 0 saturated heterocycles. The molecule has 0 amide bonds. The van der Waals surface area contributed by atoms with Crippen LogP contribution in [-0.2, 0) is 0 Å². The first kappa shape index (κ1) is 10.8. The quantitative estimate of drug-likeness (QED) is 0.466. The van der Waals surface area contributed by atoms with Crippen molar-refractivity contribution < 1.29 is 0 Å². The zero-order valence-corrected chi connectivity index (χ0v) is 8.61. The van der Waals surface area contributed by atoms with E-state index in [-0.39, 0.29) is 0 Å². The van der Waals surface area contributed by atoms with E-state index in [0.29, 0.717) is 6.04 Å². The molecule has 11 heavy (non-hydrogen) atoms. The lowest BCUT2D eigenvalue weighted by Crippen LogP contribution is -1.85. The van der Waals surface area contributed by atoms with Crippen molar-refractivity contribution in [3.05, 3.63) is 11.0 Å². The molecule has 0 aromatic carbocycles. The van der Waals surface area contributed by atoms with Crippen LogP contribution in [0, 0.1) is 0 Å². The average molecular weight is 171 g/mol. The van der Waals surface area contributed by atoms with Crippen LogP contribution >= 0.6 is 11.8 Å². The minimum Gasteiger partial charge on any atom is -0.283 e. The number of nitrogens with zero attached hydrogens (tertiary/aromatic N) is 1. The second-order valence-corrected chi connectivity index (χ2v) is 3.52. The van der Waals surface area contributed by atoms with Crippen molar-refractivity contribution in [2.75, 3.05) is 0 Å². The van der Waals surface area contributed by atoms with Gasteiger partial charge in [-0.3, -0.25) is 4.99 Å². The second kappa shape index (κ2) is 6.47. The maximum Gasteiger partial charge on any atom is 0.0586 e. The lowest BCUT2D eigenvalue weighted by Gasteiger charge is -1.93. The Kier molecular flexibility index (Phi) is 6.33. The van der Waals surface area contributed by atoms with Crippen LogP contribution in [-0.4, -0.2) is 11.6 Å². The summed E-state index contributed by atoms with van der Waals surface area (Å²) in [5, 5.41) is 2.14. The number of hydrogen-bond acceptors (Lipinski definition) is 2. The first-order valence-electron chi connectivity index (χ1n) is 3.99. The second-order valence-electron chi connectivity index (χ2n) is 2.80. The van der Waals surface area contributed by atoms with E-state index < -0.39 is 0 Å². The highest BCUT2D eigenvalue weighted by molar-refractivity contribution is 8.14. The Hall–Kier alpha value is -0.240. The Morgan fingerprint density at radius 2 is 2.18 bits per heavy atom. The highest BCUT2D eigenvalue weighted by Gasteiger charge is 1.83. The van der Waals surface area contributed by atoms with Crippen LogP contribution in [0.4, 0.5) is 0 Å². The number of hydrogen-bond donors (Lipinski definition) is 0. The van der Waals surface area contributed by atoms with Gasteiger partial charge in [-0.2, -0.15) is 0 Å². The highest BCUT2D eigenvalue weighted by Crippen LogP contribution is 2.06. The molecule has 1 nitrogen and oxygen atoms in total. The fourth-order valence-corrected chi connectivity index (χ4v) is 1.16. The van der Waals surface area contributed by atoms with Crippen LogP contribution in [0.15, 0.2) is 16.0 Å². The number of aliphatic imine (C=N–C) groups is 1. The number of allylic oxidation sites excluding steroid dienone is 1. The summed E-state index contributed by atoms with van der Waals surface area (Å²) in [6, 6.07) is 0.415. The van der Waals surface area contributed by atoms with Crippen molar-refractivity contribution in [2.45, 2.75) is 40.2 Å². The molecule has 0 heterocycles. The molecule has 2 heteroatoms. The van der Waals surface area contributed by atoms with Crippen molar-refractivity contribution >= 4 is 17.3 Å². The van der Waals surface area contributed by atoms with Crippen LogP contribution in [0.2, 0.25) is 0 Å². The largest absolute Gasteiger partial charge is 0.283 e. The molecule has 0 radical (unpaired) electrons. The molecule has 0 fully saturated rings. The summed E-state index contributed by atoms with van der Waals surface area (Å²) in [7, 11) is 0. The minimum atomic E-state index is 0.415. The number of thioether (sulfide) groups is 1. The minimum absolute atomic E-state index is 0.415. The van der Waals surface area contributed by atoms with Crippen molar-refractivity contribution in [3.8, 4) is 0 Å². The summed E-state index contributed by atoms with van der Waals surface area (Å²) < 4.78 is 0.